The van der Waals surface area contributed by atoms with Gasteiger partial charge in [0, 0.05) is 10.6 Å². The molecule has 0 spiro atoms. The molecule has 0 aliphatic heterocycles. The summed E-state index contributed by atoms with van der Waals surface area (Å²) in [7, 11) is 0. The van der Waals surface area contributed by atoms with Crippen LogP contribution in [0, 0.1) is 5.92 Å². The second kappa shape index (κ2) is 6.96. The Morgan fingerprint density at radius 3 is 2.61 bits per heavy atom. The lowest BCUT2D eigenvalue weighted by molar-refractivity contribution is 0.0690. The van der Waals surface area contributed by atoms with Gasteiger partial charge >= 0.3 is 5.97 Å². The molecule has 1 N–H and O–H groups in total. The van der Waals surface area contributed by atoms with Crippen molar-refractivity contribution in [1.82, 2.24) is 9.97 Å². The van der Waals surface area contributed by atoms with Gasteiger partial charge in [-0.25, -0.2) is 14.8 Å². The lowest BCUT2D eigenvalue weighted by Crippen LogP contribution is -2.11. The van der Waals surface area contributed by atoms with E-state index in [0.717, 1.165) is 18.4 Å². The molecule has 3 rings (SSSR count). The first-order valence-corrected chi connectivity index (χ1v) is 8.00. The van der Waals surface area contributed by atoms with Gasteiger partial charge in [-0.1, -0.05) is 36.6 Å². The molecule has 1 aromatic heterocycles. The number of carboxylic acid groups (broad SMARTS) is 1. The van der Waals surface area contributed by atoms with Crippen LogP contribution < -0.4 is 4.74 Å². The predicted molar refractivity (Wildman–Crippen MR) is 86.9 cm³/mol. The molecule has 1 aliphatic carbocycles. The Morgan fingerprint density at radius 1 is 1.26 bits per heavy atom. The highest BCUT2D eigenvalue weighted by Gasteiger charge is 2.19. The molecule has 6 heteroatoms. The number of ether oxygens (including phenoxy) is 1. The van der Waals surface area contributed by atoms with Crippen LogP contribution >= 0.6 is 11.6 Å². The van der Waals surface area contributed by atoms with Gasteiger partial charge in [0.2, 0.25) is 5.88 Å². The van der Waals surface area contributed by atoms with Crippen molar-refractivity contribution in [1.29, 1.82) is 0 Å². The average molecular weight is 333 g/mol. The standard InChI is InChI=1S/C17H17ClN2O3/c18-13-7-5-12(6-8-13)15-16(19-9-14(20-15)17(21)22)23-10-11-3-1-2-4-11/h5-9,11H,1-4,10H2,(H,21,22). The van der Waals surface area contributed by atoms with Crippen LogP contribution in [-0.2, 0) is 0 Å². The molecule has 1 aliphatic rings. The van der Waals surface area contributed by atoms with E-state index in [1.54, 1.807) is 24.3 Å². The molecule has 120 valence electrons. The maximum Gasteiger partial charge on any atom is 0.356 e. The van der Waals surface area contributed by atoms with Crippen LogP contribution in [0.25, 0.3) is 11.3 Å². The summed E-state index contributed by atoms with van der Waals surface area (Å²) >= 11 is 5.91. The number of halogens is 1. The van der Waals surface area contributed by atoms with Crippen LogP contribution in [0.4, 0.5) is 0 Å². The first-order valence-electron chi connectivity index (χ1n) is 7.62. The van der Waals surface area contributed by atoms with Crippen molar-refractivity contribution in [2.75, 3.05) is 6.61 Å². The lowest BCUT2D eigenvalue weighted by atomic mass is 10.1. The molecule has 2 aromatic rings. The molecule has 1 aromatic carbocycles. The molecular formula is C17H17ClN2O3. The summed E-state index contributed by atoms with van der Waals surface area (Å²) in [4.78, 5) is 19.5. The summed E-state index contributed by atoms with van der Waals surface area (Å²) in [5.41, 5.74) is 1.05. The summed E-state index contributed by atoms with van der Waals surface area (Å²) in [6.07, 6.45) is 6.03. The third kappa shape index (κ3) is 3.79. The highest BCUT2D eigenvalue weighted by molar-refractivity contribution is 6.30. The van der Waals surface area contributed by atoms with E-state index in [-0.39, 0.29) is 5.69 Å². The first-order chi connectivity index (χ1) is 11.1. The topological polar surface area (TPSA) is 72.3 Å². The van der Waals surface area contributed by atoms with Crippen molar-refractivity contribution in [2.24, 2.45) is 5.92 Å². The summed E-state index contributed by atoms with van der Waals surface area (Å²) < 4.78 is 5.84. The molecule has 1 saturated carbocycles. The molecule has 23 heavy (non-hydrogen) atoms. The van der Waals surface area contributed by atoms with Gasteiger partial charge in [0.05, 0.1) is 12.8 Å². The minimum atomic E-state index is -1.12. The predicted octanol–water partition coefficient (Wildman–Crippen LogP) is 4.06. The molecule has 5 nitrogen and oxygen atoms in total. The third-order valence-corrected chi connectivity index (χ3v) is 4.26. The number of rotatable bonds is 5. The van der Waals surface area contributed by atoms with Crippen LogP contribution in [0.3, 0.4) is 0 Å². The van der Waals surface area contributed by atoms with Gasteiger partial charge in [-0.05, 0) is 30.9 Å². The number of aromatic carboxylic acids is 1. The number of carboxylic acids is 1. The van der Waals surface area contributed by atoms with Gasteiger partial charge in [-0.3, -0.25) is 0 Å². The monoisotopic (exact) mass is 332 g/mol. The molecule has 0 unspecified atom stereocenters. The second-order valence-corrected chi connectivity index (χ2v) is 6.12. The van der Waals surface area contributed by atoms with Crippen molar-refractivity contribution in [3.63, 3.8) is 0 Å². The Balaban J connectivity index is 1.90. The second-order valence-electron chi connectivity index (χ2n) is 5.68. The van der Waals surface area contributed by atoms with E-state index in [1.165, 1.54) is 19.0 Å². The van der Waals surface area contributed by atoms with Crippen LogP contribution in [0.5, 0.6) is 5.88 Å². The summed E-state index contributed by atoms with van der Waals surface area (Å²) in [6, 6.07) is 7.01. The largest absolute Gasteiger partial charge is 0.476 e. The Hall–Kier alpha value is -2.14. The Labute approximate surface area is 139 Å². The molecule has 0 amide bonds. The quantitative estimate of drug-likeness (QED) is 0.893. The maximum absolute atomic E-state index is 11.2. The number of benzene rings is 1. The number of aromatic nitrogens is 2. The molecule has 0 atom stereocenters. The SMILES string of the molecule is O=C(O)c1cnc(OCC2CCCC2)c(-c2ccc(Cl)cc2)n1. The van der Waals surface area contributed by atoms with E-state index < -0.39 is 5.97 Å². The number of carbonyl (C=O) groups is 1. The van der Waals surface area contributed by atoms with Crippen LogP contribution in [0.15, 0.2) is 30.5 Å². The van der Waals surface area contributed by atoms with Gasteiger partial charge in [-0.2, -0.15) is 0 Å². The fourth-order valence-electron chi connectivity index (χ4n) is 2.76. The zero-order chi connectivity index (χ0) is 16.2. The Bertz CT molecular complexity index is 697. The summed E-state index contributed by atoms with van der Waals surface area (Å²) in [5.74, 6) is -0.215. The highest BCUT2D eigenvalue weighted by atomic mass is 35.5. The fraction of sp³-hybridized carbons (Fsp3) is 0.353. The van der Waals surface area contributed by atoms with E-state index in [9.17, 15) is 4.79 Å². The van der Waals surface area contributed by atoms with Crippen LogP contribution in [-0.4, -0.2) is 27.7 Å². The van der Waals surface area contributed by atoms with E-state index in [2.05, 4.69) is 9.97 Å². The van der Waals surface area contributed by atoms with E-state index in [0.29, 0.717) is 29.1 Å². The maximum atomic E-state index is 11.2. The van der Waals surface area contributed by atoms with E-state index >= 15 is 0 Å². The number of nitrogens with zero attached hydrogens (tertiary/aromatic N) is 2. The molecule has 1 fully saturated rings. The van der Waals surface area contributed by atoms with Crippen molar-refractivity contribution in [3.05, 3.63) is 41.2 Å². The highest BCUT2D eigenvalue weighted by Crippen LogP contribution is 2.30. The third-order valence-electron chi connectivity index (χ3n) is 4.01. The van der Waals surface area contributed by atoms with Crippen LogP contribution in [0.2, 0.25) is 5.02 Å². The van der Waals surface area contributed by atoms with E-state index in [4.69, 9.17) is 21.4 Å². The van der Waals surface area contributed by atoms with Gasteiger partial charge in [0.25, 0.3) is 0 Å². The number of hydrogen-bond acceptors (Lipinski definition) is 4. The molecule has 0 bridgehead atoms. The van der Waals surface area contributed by atoms with Crippen LogP contribution in [0.1, 0.15) is 36.2 Å². The smallest absolute Gasteiger partial charge is 0.356 e. The van der Waals surface area contributed by atoms with E-state index in [1.807, 2.05) is 0 Å². The van der Waals surface area contributed by atoms with Gasteiger partial charge < -0.3 is 9.84 Å². The first kappa shape index (κ1) is 15.7. The zero-order valence-electron chi connectivity index (χ0n) is 12.5. The normalized spacial score (nSPS) is 14.8. The van der Waals surface area contributed by atoms with Crippen molar-refractivity contribution in [2.45, 2.75) is 25.7 Å². The Morgan fingerprint density at radius 2 is 1.96 bits per heavy atom. The molecule has 1 heterocycles. The van der Waals surface area contributed by atoms with Crippen molar-refractivity contribution >= 4 is 17.6 Å². The minimum absolute atomic E-state index is 0.108. The average Bonchev–Trinajstić information content (AvgIpc) is 3.07. The van der Waals surface area contributed by atoms with Crippen molar-refractivity contribution in [3.8, 4) is 17.1 Å². The van der Waals surface area contributed by atoms with Gasteiger partial charge in [0.1, 0.15) is 5.69 Å². The summed E-state index contributed by atoms with van der Waals surface area (Å²) in [5, 5.41) is 9.73. The fourth-order valence-corrected chi connectivity index (χ4v) is 2.88. The Kier molecular flexibility index (Phi) is 4.76. The minimum Gasteiger partial charge on any atom is -0.476 e. The lowest BCUT2D eigenvalue weighted by Gasteiger charge is -2.13. The van der Waals surface area contributed by atoms with Gasteiger partial charge in [-0.15, -0.1) is 0 Å². The molecular weight excluding hydrogens is 316 g/mol. The zero-order valence-corrected chi connectivity index (χ0v) is 13.3. The summed E-state index contributed by atoms with van der Waals surface area (Å²) in [6.45, 7) is 0.585. The molecule has 0 saturated heterocycles. The van der Waals surface area contributed by atoms with Gasteiger partial charge in [0.15, 0.2) is 5.69 Å². The molecule has 0 radical (unpaired) electrons. The van der Waals surface area contributed by atoms with Crippen molar-refractivity contribution < 1.29 is 14.6 Å². The number of hydrogen-bond donors (Lipinski definition) is 1.